The second-order valence-corrected chi connectivity index (χ2v) is 6.57. The molecule has 2 aromatic rings. The zero-order valence-electron chi connectivity index (χ0n) is 13.3. The number of thiazole rings is 1. The van der Waals surface area contributed by atoms with Gasteiger partial charge in [-0.3, -0.25) is 4.79 Å². The first-order valence-electron chi connectivity index (χ1n) is 7.33. The molecular weight excluding hydrogens is 339 g/mol. The molecule has 2 rings (SSSR count). The van der Waals surface area contributed by atoms with Crippen molar-refractivity contribution in [3.05, 3.63) is 51.5 Å². The smallest absolute Gasteiger partial charge is 0.337 e. The van der Waals surface area contributed by atoms with Crippen LogP contribution in [0.1, 0.15) is 34.0 Å². The fraction of sp³-hybridized carbons (Fsp3) is 0.375. The highest BCUT2D eigenvalue weighted by molar-refractivity contribution is 7.11. The predicted molar refractivity (Wildman–Crippen MR) is 86.3 cm³/mol. The van der Waals surface area contributed by atoms with Crippen LogP contribution in [-0.2, 0) is 23.9 Å². The number of rotatable bonds is 5. The molecular formula is C16H18F3N3OS. The Morgan fingerprint density at radius 3 is 2.46 bits per heavy atom. The van der Waals surface area contributed by atoms with Crippen LogP contribution in [0.4, 0.5) is 13.2 Å². The van der Waals surface area contributed by atoms with E-state index >= 15 is 0 Å². The van der Waals surface area contributed by atoms with Crippen LogP contribution in [0.3, 0.4) is 0 Å². The molecule has 1 unspecified atom stereocenters. The van der Waals surface area contributed by atoms with Gasteiger partial charge in [-0.25, -0.2) is 4.98 Å². The number of nitrogens with two attached hydrogens (primary N) is 1. The van der Waals surface area contributed by atoms with Gasteiger partial charge in [-0.15, -0.1) is 11.3 Å². The summed E-state index contributed by atoms with van der Waals surface area (Å²) in [5, 5.41) is 0.794. The molecule has 1 amide bonds. The minimum atomic E-state index is -4.41. The van der Waals surface area contributed by atoms with Crippen molar-refractivity contribution in [2.45, 2.75) is 32.1 Å². The molecule has 24 heavy (non-hydrogen) atoms. The number of aryl methyl sites for hydroxylation is 1. The molecule has 0 spiro atoms. The van der Waals surface area contributed by atoms with Crippen molar-refractivity contribution in [2.75, 3.05) is 7.05 Å². The van der Waals surface area contributed by atoms with Gasteiger partial charge in [-0.2, -0.15) is 13.2 Å². The number of carbonyl (C=O) groups is 1. The molecule has 0 saturated heterocycles. The summed E-state index contributed by atoms with van der Waals surface area (Å²) in [6, 6.07) is 3.31. The molecule has 0 aliphatic carbocycles. The molecule has 1 heterocycles. The lowest BCUT2D eigenvalue weighted by Crippen LogP contribution is -2.35. The monoisotopic (exact) mass is 357 g/mol. The van der Waals surface area contributed by atoms with Crippen LogP contribution in [0.25, 0.3) is 0 Å². The number of halogens is 3. The summed E-state index contributed by atoms with van der Waals surface area (Å²) in [5.41, 5.74) is 5.47. The summed E-state index contributed by atoms with van der Waals surface area (Å²) in [4.78, 5) is 19.2. The summed E-state index contributed by atoms with van der Waals surface area (Å²) < 4.78 is 37.7. The third-order valence-electron chi connectivity index (χ3n) is 3.56. The van der Waals surface area contributed by atoms with Gasteiger partial charge in [0, 0.05) is 18.1 Å². The zero-order chi connectivity index (χ0) is 17.9. The molecule has 0 radical (unpaired) electrons. The highest BCUT2D eigenvalue weighted by Crippen LogP contribution is 2.30. The first-order valence-corrected chi connectivity index (χ1v) is 8.15. The fourth-order valence-electron chi connectivity index (χ4n) is 2.12. The van der Waals surface area contributed by atoms with Gasteiger partial charge in [0.05, 0.1) is 12.1 Å². The van der Waals surface area contributed by atoms with E-state index in [-0.39, 0.29) is 5.91 Å². The minimum Gasteiger partial charge on any atom is -0.337 e. The van der Waals surface area contributed by atoms with E-state index < -0.39 is 17.8 Å². The van der Waals surface area contributed by atoms with Crippen LogP contribution >= 0.6 is 11.3 Å². The van der Waals surface area contributed by atoms with Gasteiger partial charge in [0.15, 0.2) is 0 Å². The normalized spacial score (nSPS) is 12.9. The lowest BCUT2D eigenvalue weighted by Gasteiger charge is -2.21. The molecule has 0 fully saturated rings. The van der Waals surface area contributed by atoms with Crippen molar-refractivity contribution in [3.63, 3.8) is 0 Å². The van der Waals surface area contributed by atoms with E-state index in [1.807, 2.05) is 6.92 Å². The van der Waals surface area contributed by atoms with Crippen LogP contribution in [0.15, 0.2) is 30.5 Å². The van der Waals surface area contributed by atoms with E-state index in [1.54, 1.807) is 13.2 Å². The zero-order valence-corrected chi connectivity index (χ0v) is 14.1. The molecule has 0 aliphatic rings. The Balaban J connectivity index is 2.05. The van der Waals surface area contributed by atoms with Gasteiger partial charge in [0.1, 0.15) is 11.0 Å². The number of carbonyl (C=O) groups excluding carboxylic acids is 1. The molecule has 4 nitrogen and oxygen atoms in total. The molecule has 1 aromatic heterocycles. The predicted octanol–water partition coefficient (Wildman–Crippen LogP) is 3.38. The van der Waals surface area contributed by atoms with Crippen LogP contribution in [-0.4, -0.2) is 22.8 Å². The van der Waals surface area contributed by atoms with Crippen LogP contribution in [0.5, 0.6) is 0 Å². The van der Waals surface area contributed by atoms with Crippen molar-refractivity contribution in [1.82, 2.24) is 9.88 Å². The van der Waals surface area contributed by atoms with Gasteiger partial charge in [0.2, 0.25) is 5.91 Å². The van der Waals surface area contributed by atoms with Crippen LogP contribution < -0.4 is 5.73 Å². The van der Waals surface area contributed by atoms with Crippen molar-refractivity contribution in [2.24, 2.45) is 5.73 Å². The molecule has 130 valence electrons. The summed E-state index contributed by atoms with van der Waals surface area (Å²) in [5.74, 6) is -0.372. The van der Waals surface area contributed by atoms with E-state index in [0.717, 1.165) is 28.4 Å². The minimum absolute atomic E-state index is 0.317. The molecule has 8 heteroatoms. The maximum atomic E-state index is 12.6. The van der Waals surface area contributed by atoms with E-state index in [0.29, 0.717) is 12.1 Å². The molecule has 0 bridgehead atoms. The Morgan fingerprint density at radius 1 is 1.33 bits per heavy atom. The molecule has 2 N–H and O–H groups in total. The number of nitrogens with zero attached hydrogens (tertiary/aromatic N) is 2. The Bertz CT molecular complexity index is 697. The molecule has 0 saturated carbocycles. The van der Waals surface area contributed by atoms with Crippen molar-refractivity contribution in [1.29, 1.82) is 0 Å². The number of likely N-dealkylation sites (N-methyl/N-ethyl adjacent to an activating group) is 1. The number of hydrogen-bond donors (Lipinski definition) is 1. The Morgan fingerprint density at radius 2 is 1.96 bits per heavy atom. The molecule has 1 atom stereocenters. The van der Waals surface area contributed by atoms with Crippen LogP contribution in [0, 0.1) is 0 Å². The van der Waals surface area contributed by atoms with Crippen molar-refractivity contribution in [3.8, 4) is 0 Å². The fourth-order valence-corrected chi connectivity index (χ4v) is 3.04. The highest BCUT2D eigenvalue weighted by Gasteiger charge is 2.30. The third kappa shape index (κ3) is 4.33. The topological polar surface area (TPSA) is 59.2 Å². The van der Waals surface area contributed by atoms with Gasteiger partial charge in [-0.1, -0.05) is 19.1 Å². The maximum absolute atomic E-state index is 12.6. The number of amides is 1. The molecule has 0 aliphatic heterocycles. The first kappa shape index (κ1) is 18.4. The van der Waals surface area contributed by atoms with Crippen LogP contribution in [0.2, 0.25) is 0 Å². The van der Waals surface area contributed by atoms with Gasteiger partial charge < -0.3 is 10.6 Å². The summed E-state index contributed by atoms with van der Waals surface area (Å²) >= 11 is 1.52. The number of alkyl halides is 3. The van der Waals surface area contributed by atoms with Gasteiger partial charge in [-0.05, 0) is 24.1 Å². The SMILES string of the molecule is CCc1cnc(CN(C)C(=O)C(N)c2ccc(C(F)(F)F)cc2)s1. The summed E-state index contributed by atoms with van der Waals surface area (Å²) in [6.07, 6.45) is -1.76. The third-order valence-corrected chi connectivity index (χ3v) is 4.69. The Hall–Kier alpha value is -1.93. The van der Waals surface area contributed by atoms with Crippen molar-refractivity contribution >= 4 is 17.2 Å². The average Bonchev–Trinajstić information content (AvgIpc) is 3.00. The molecule has 1 aromatic carbocycles. The second kappa shape index (κ2) is 7.31. The number of hydrogen-bond acceptors (Lipinski definition) is 4. The van der Waals surface area contributed by atoms with Gasteiger partial charge in [0.25, 0.3) is 0 Å². The Kier molecular flexibility index (Phi) is 5.61. The first-order chi connectivity index (χ1) is 11.2. The summed E-state index contributed by atoms with van der Waals surface area (Å²) in [7, 11) is 1.60. The van der Waals surface area contributed by atoms with Gasteiger partial charge >= 0.3 is 6.18 Å². The van der Waals surface area contributed by atoms with E-state index in [9.17, 15) is 18.0 Å². The average molecular weight is 357 g/mol. The van der Waals surface area contributed by atoms with E-state index in [1.165, 1.54) is 28.4 Å². The highest BCUT2D eigenvalue weighted by atomic mass is 32.1. The van der Waals surface area contributed by atoms with Crippen molar-refractivity contribution < 1.29 is 18.0 Å². The lowest BCUT2D eigenvalue weighted by atomic mass is 10.0. The largest absolute Gasteiger partial charge is 0.416 e. The quantitative estimate of drug-likeness (QED) is 0.892. The lowest BCUT2D eigenvalue weighted by molar-refractivity contribution is -0.137. The second-order valence-electron chi connectivity index (χ2n) is 5.37. The maximum Gasteiger partial charge on any atom is 0.416 e. The van der Waals surface area contributed by atoms with E-state index in [4.69, 9.17) is 5.73 Å². The number of benzene rings is 1. The van der Waals surface area contributed by atoms with E-state index in [2.05, 4.69) is 4.98 Å². The summed E-state index contributed by atoms with van der Waals surface area (Å²) in [6.45, 7) is 2.34. The standard InChI is InChI=1S/C16H18F3N3OS/c1-3-12-8-21-13(24-12)9-22(2)15(23)14(20)10-4-6-11(7-5-10)16(17,18)19/h4-8,14H,3,9,20H2,1-2H3. The number of aromatic nitrogens is 1. The Labute approximate surface area is 142 Å².